The third kappa shape index (κ3) is 3.32. The van der Waals surface area contributed by atoms with Crippen LogP contribution in [0.25, 0.3) is 0 Å². The summed E-state index contributed by atoms with van der Waals surface area (Å²) in [5, 5.41) is 21.1. The van der Waals surface area contributed by atoms with E-state index in [2.05, 4.69) is 10.3 Å². The fraction of sp³-hybridized carbons (Fsp3) is 0.0714. The molecule has 0 bridgehead atoms. The third-order valence-electron chi connectivity index (χ3n) is 2.48. The van der Waals surface area contributed by atoms with Gasteiger partial charge in [0.1, 0.15) is 5.69 Å². The number of hydrogen-bond acceptors (Lipinski definition) is 4. The quantitative estimate of drug-likeness (QED) is 0.907. The Balaban J connectivity index is 2.27. The summed E-state index contributed by atoms with van der Waals surface area (Å²) in [6.45, 7) is -0.340. The predicted molar refractivity (Wildman–Crippen MR) is 74.3 cm³/mol. The topological polar surface area (TPSA) is 86.0 Å². The van der Waals surface area contributed by atoms with E-state index in [0.717, 1.165) is 0 Å². The first kappa shape index (κ1) is 14.0. The molecule has 2 rings (SSSR count). The Kier molecular flexibility index (Phi) is 4.31. The van der Waals surface area contributed by atoms with Crippen molar-refractivity contribution in [3.8, 4) is 6.07 Å². The van der Waals surface area contributed by atoms with Crippen LogP contribution in [0.4, 0.5) is 5.69 Å². The molecule has 5 nitrogen and oxygen atoms in total. The van der Waals surface area contributed by atoms with Gasteiger partial charge in [-0.15, -0.1) is 0 Å². The summed E-state index contributed by atoms with van der Waals surface area (Å²) >= 11 is 5.83. The summed E-state index contributed by atoms with van der Waals surface area (Å²) in [6.07, 6.45) is 0. The number of aliphatic hydroxyl groups excluding tert-OH is 1. The molecule has 6 heteroatoms. The summed E-state index contributed by atoms with van der Waals surface area (Å²) in [4.78, 5) is 16.0. The molecule has 2 N–H and O–H groups in total. The zero-order chi connectivity index (χ0) is 14.5. The molecule has 1 amide bonds. The van der Waals surface area contributed by atoms with E-state index in [1.54, 1.807) is 24.3 Å². The van der Waals surface area contributed by atoms with Crippen molar-refractivity contribution >= 4 is 23.2 Å². The van der Waals surface area contributed by atoms with Crippen LogP contribution in [-0.4, -0.2) is 16.0 Å². The van der Waals surface area contributed by atoms with E-state index in [1.165, 1.54) is 12.1 Å². The monoisotopic (exact) mass is 287 g/mol. The highest BCUT2D eigenvalue weighted by molar-refractivity contribution is 6.30. The number of amides is 1. The van der Waals surface area contributed by atoms with Crippen LogP contribution in [0.3, 0.4) is 0 Å². The number of nitrogens with one attached hydrogen (secondary N) is 1. The van der Waals surface area contributed by atoms with Crippen molar-refractivity contribution in [3.05, 3.63) is 58.4 Å². The number of aromatic nitrogens is 1. The lowest BCUT2D eigenvalue weighted by Crippen LogP contribution is -2.15. The molecule has 1 aromatic heterocycles. The number of pyridine rings is 1. The van der Waals surface area contributed by atoms with E-state index in [0.29, 0.717) is 10.7 Å². The Morgan fingerprint density at radius 1 is 1.40 bits per heavy atom. The Morgan fingerprint density at radius 2 is 2.20 bits per heavy atom. The maximum absolute atomic E-state index is 12.1. The van der Waals surface area contributed by atoms with Crippen molar-refractivity contribution in [3.63, 3.8) is 0 Å². The van der Waals surface area contributed by atoms with Crippen LogP contribution in [0.1, 0.15) is 21.7 Å². The fourth-order valence-corrected chi connectivity index (χ4v) is 1.80. The number of halogens is 1. The first-order chi connectivity index (χ1) is 9.62. The van der Waals surface area contributed by atoms with Crippen molar-refractivity contribution in [2.75, 3.05) is 5.32 Å². The number of nitriles is 1. The number of hydrogen-bond donors (Lipinski definition) is 2. The average molecular weight is 288 g/mol. The van der Waals surface area contributed by atoms with E-state index in [9.17, 15) is 4.79 Å². The number of carbonyl (C=O) groups is 1. The van der Waals surface area contributed by atoms with Gasteiger partial charge in [-0.1, -0.05) is 17.7 Å². The SMILES string of the molecule is N#Cc1cc(CO)nc(C(=O)Nc2cccc(Cl)c2)c1. The molecule has 0 aliphatic heterocycles. The molecule has 2 aromatic rings. The largest absolute Gasteiger partial charge is 0.390 e. The van der Waals surface area contributed by atoms with Gasteiger partial charge in [0.2, 0.25) is 0 Å². The molecule has 0 saturated carbocycles. The third-order valence-corrected chi connectivity index (χ3v) is 2.72. The molecule has 0 radical (unpaired) electrons. The average Bonchev–Trinajstić information content (AvgIpc) is 2.46. The molecule has 0 saturated heterocycles. The molecule has 0 spiro atoms. The summed E-state index contributed by atoms with van der Waals surface area (Å²) in [6, 6.07) is 11.4. The van der Waals surface area contributed by atoms with Gasteiger partial charge in [-0.05, 0) is 30.3 Å². The Labute approximate surface area is 120 Å². The van der Waals surface area contributed by atoms with Crippen molar-refractivity contribution in [2.45, 2.75) is 6.61 Å². The standard InChI is InChI=1S/C14H10ClN3O2/c15-10-2-1-3-11(6-10)18-14(20)13-5-9(7-16)4-12(8-19)17-13/h1-6,19H,8H2,(H,18,20). The maximum Gasteiger partial charge on any atom is 0.274 e. The smallest absolute Gasteiger partial charge is 0.274 e. The first-order valence-electron chi connectivity index (χ1n) is 5.71. The van der Waals surface area contributed by atoms with Gasteiger partial charge in [0.25, 0.3) is 5.91 Å². The molecular formula is C14H10ClN3O2. The van der Waals surface area contributed by atoms with E-state index in [-0.39, 0.29) is 23.6 Å². The van der Waals surface area contributed by atoms with Crippen LogP contribution in [0.15, 0.2) is 36.4 Å². The molecule has 0 aliphatic rings. The van der Waals surface area contributed by atoms with Crippen molar-refractivity contribution in [2.24, 2.45) is 0 Å². The molecule has 20 heavy (non-hydrogen) atoms. The van der Waals surface area contributed by atoms with Crippen LogP contribution in [0, 0.1) is 11.3 Å². The molecule has 1 aromatic carbocycles. The van der Waals surface area contributed by atoms with E-state index in [1.807, 2.05) is 6.07 Å². The highest BCUT2D eigenvalue weighted by Crippen LogP contribution is 2.16. The van der Waals surface area contributed by atoms with E-state index in [4.69, 9.17) is 22.0 Å². The number of benzene rings is 1. The van der Waals surface area contributed by atoms with Crippen LogP contribution in [-0.2, 0) is 6.61 Å². The van der Waals surface area contributed by atoms with Gasteiger partial charge in [-0.25, -0.2) is 4.98 Å². The molecule has 100 valence electrons. The van der Waals surface area contributed by atoms with Crippen molar-refractivity contribution in [1.29, 1.82) is 5.26 Å². The van der Waals surface area contributed by atoms with Gasteiger partial charge < -0.3 is 10.4 Å². The minimum atomic E-state index is -0.473. The number of aliphatic hydroxyl groups is 1. The van der Waals surface area contributed by atoms with Gasteiger partial charge >= 0.3 is 0 Å². The molecule has 0 aliphatic carbocycles. The fourth-order valence-electron chi connectivity index (χ4n) is 1.61. The second-order valence-electron chi connectivity index (χ2n) is 3.97. The summed E-state index contributed by atoms with van der Waals surface area (Å²) in [5.41, 5.74) is 1.12. The Bertz CT molecular complexity index is 695. The van der Waals surface area contributed by atoms with Gasteiger partial charge in [0.15, 0.2) is 0 Å². The first-order valence-corrected chi connectivity index (χ1v) is 6.09. The second kappa shape index (κ2) is 6.15. The highest BCUT2D eigenvalue weighted by Gasteiger charge is 2.11. The van der Waals surface area contributed by atoms with Crippen LogP contribution >= 0.6 is 11.6 Å². The van der Waals surface area contributed by atoms with Crippen LogP contribution < -0.4 is 5.32 Å². The lowest BCUT2D eigenvalue weighted by atomic mass is 10.2. The number of nitrogens with zero attached hydrogens (tertiary/aromatic N) is 2. The highest BCUT2D eigenvalue weighted by atomic mass is 35.5. The summed E-state index contributed by atoms with van der Waals surface area (Å²) in [7, 11) is 0. The Hall–Kier alpha value is -2.42. The van der Waals surface area contributed by atoms with Gasteiger partial charge in [0.05, 0.1) is 23.9 Å². The zero-order valence-corrected chi connectivity index (χ0v) is 11.1. The minimum absolute atomic E-state index is 0.0630. The predicted octanol–water partition coefficient (Wildman–Crippen LogP) is 2.35. The van der Waals surface area contributed by atoms with Gasteiger partial charge in [-0.3, -0.25) is 4.79 Å². The van der Waals surface area contributed by atoms with Gasteiger partial charge in [-0.2, -0.15) is 5.26 Å². The maximum atomic E-state index is 12.1. The lowest BCUT2D eigenvalue weighted by molar-refractivity contribution is 0.102. The van der Waals surface area contributed by atoms with Crippen LogP contribution in [0.2, 0.25) is 5.02 Å². The molecule has 1 heterocycles. The van der Waals surface area contributed by atoms with Crippen molar-refractivity contribution in [1.82, 2.24) is 4.98 Å². The molecule has 0 fully saturated rings. The number of carbonyl (C=O) groups excluding carboxylic acids is 1. The zero-order valence-electron chi connectivity index (χ0n) is 10.3. The molecular weight excluding hydrogens is 278 g/mol. The van der Waals surface area contributed by atoms with Crippen LogP contribution in [0.5, 0.6) is 0 Å². The molecule has 0 unspecified atom stereocenters. The van der Waals surface area contributed by atoms with E-state index < -0.39 is 5.91 Å². The number of rotatable bonds is 3. The second-order valence-corrected chi connectivity index (χ2v) is 4.40. The van der Waals surface area contributed by atoms with Crippen molar-refractivity contribution < 1.29 is 9.90 Å². The van der Waals surface area contributed by atoms with E-state index >= 15 is 0 Å². The molecule has 0 atom stereocenters. The summed E-state index contributed by atoms with van der Waals surface area (Å²) < 4.78 is 0. The minimum Gasteiger partial charge on any atom is -0.390 e. The summed E-state index contributed by atoms with van der Waals surface area (Å²) in [5.74, 6) is -0.473. The normalized spacial score (nSPS) is 9.85. The lowest BCUT2D eigenvalue weighted by Gasteiger charge is -2.06. The number of anilines is 1. The van der Waals surface area contributed by atoms with Gasteiger partial charge in [0, 0.05) is 10.7 Å². The Morgan fingerprint density at radius 3 is 2.85 bits per heavy atom.